The third-order valence-corrected chi connectivity index (χ3v) is 4.00. The molecule has 1 atom stereocenters. The predicted molar refractivity (Wildman–Crippen MR) is 93.1 cm³/mol. The number of halogens is 1. The van der Waals surface area contributed by atoms with E-state index in [1.807, 2.05) is 24.0 Å². The van der Waals surface area contributed by atoms with Crippen LogP contribution in [-0.2, 0) is 22.7 Å². The Morgan fingerprint density at radius 1 is 1.26 bits per heavy atom. The standard InChI is InChI=1S/C17H25N3O2.ClH/c1-2-6-15(18)17(22)19-10-5-9-16(21)20-11-13-7-3-4-8-14(13)12-20;/h3-4,7-8,15H,2,5-6,9-12,18H2,1H3,(H,19,22);1H. The van der Waals surface area contributed by atoms with Crippen molar-refractivity contribution in [3.63, 3.8) is 0 Å². The van der Waals surface area contributed by atoms with Gasteiger partial charge in [0.1, 0.15) is 0 Å². The van der Waals surface area contributed by atoms with Gasteiger partial charge in [-0.1, -0.05) is 37.6 Å². The van der Waals surface area contributed by atoms with E-state index in [2.05, 4.69) is 17.4 Å². The Morgan fingerprint density at radius 2 is 1.87 bits per heavy atom. The zero-order valence-corrected chi connectivity index (χ0v) is 14.4. The molecular weight excluding hydrogens is 314 g/mol. The maximum atomic E-state index is 12.2. The summed E-state index contributed by atoms with van der Waals surface area (Å²) >= 11 is 0. The molecule has 0 aromatic heterocycles. The molecule has 1 aromatic rings. The van der Waals surface area contributed by atoms with Crippen LogP contribution in [0.3, 0.4) is 0 Å². The van der Waals surface area contributed by atoms with Crippen LogP contribution < -0.4 is 11.1 Å². The van der Waals surface area contributed by atoms with Gasteiger partial charge in [-0.15, -0.1) is 12.4 Å². The van der Waals surface area contributed by atoms with E-state index < -0.39 is 6.04 Å². The molecule has 3 N–H and O–H groups in total. The molecule has 0 radical (unpaired) electrons. The highest BCUT2D eigenvalue weighted by molar-refractivity contribution is 5.85. The SMILES string of the molecule is CCCC(N)C(=O)NCCCC(=O)N1Cc2ccccc2C1.Cl. The molecule has 0 saturated heterocycles. The predicted octanol–water partition coefficient (Wildman–Crippen LogP) is 1.97. The second-order valence-corrected chi connectivity index (χ2v) is 5.81. The molecular formula is C17H26ClN3O2. The van der Waals surface area contributed by atoms with Crippen molar-refractivity contribution >= 4 is 24.2 Å². The first-order chi connectivity index (χ1) is 10.6. The van der Waals surface area contributed by atoms with Crippen molar-refractivity contribution in [3.8, 4) is 0 Å². The van der Waals surface area contributed by atoms with Gasteiger partial charge in [-0.2, -0.15) is 0 Å². The fourth-order valence-corrected chi connectivity index (χ4v) is 2.69. The second kappa shape index (κ2) is 9.53. The first-order valence-corrected chi connectivity index (χ1v) is 7.99. The lowest BCUT2D eigenvalue weighted by molar-refractivity contribution is -0.132. The van der Waals surface area contributed by atoms with Crippen LogP contribution in [0, 0.1) is 0 Å². The van der Waals surface area contributed by atoms with Gasteiger partial charge in [0.15, 0.2) is 0 Å². The van der Waals surface area contributed by atoms with Gasteiger partial charge < -0.3 is 16.0 Å². The normalized spacial score (nSPS) is 13.9. The van der Waals surface area contributed by atoms with Crippen LogP contribution in [0.1, 0.15) is 43.7 Å². The van der Waals surface area contributed by atoms with Crippen molar-refractivity contribution in [2.24, 2.45) is 5.73 Å². The molecule has 1 aliphatic heterocycles. The van der Waals surface area contributed by atoms with Crippen LogP contribution in [0.15, 0.2) is 24.3 Å². The third-order valence-electron chi connectivity index (χ3n) is 4.00. The van der Waals surface area contributed by atoms with E-state index in [4.69, 9.17) is 5.73 Å². The maximum Gasteiger partial charge on any atom is 0.236 e. The van der Waals surface area contributed by atoms with Crippen LogP contribution in [0.4, 0.5) is 0 Å². The Labute approximate surface area is 144 Å². The van der Waals surface area contributed by atoms with E-state index in [0.29, 0.717) is 38.9 Å². The Balaban J connectivity index is 0.00000264. The molecule has 1 heterocycles. The molecule has 0 saturated carbocycles. The van der Waals surface area contributed by atoms with Crippen molar-refractivity contribution in [2.45, 2.75) is 51.7 Å². The zero-order chi connectivity index (χ0) is 15.9. The Morgan fingerprint density at radius 3 is 2.43 bits per heavy atom. The van der Waals surface area contributed by atoms with Crippen LogP contribution >= 0.6 is 12.4 Å². The summed E-state index contributed by atoms with van der Waals surface area (Å²) in [6.07, 6.45) is 2.69. The average Bonchev–Trinajstić information content (AvgIpc) is 2.95. The number of nitrogens with two attached hydrogens (primary N) is 1. The van der Waals surface area contributed by atoms with E-state index >= 15 is 0 Å². The number of amides is 2. The second-order valence-electron chi connectivity index (χ2n) is 5.81. The first-order valence-electron chi connectivity index (χ1n) is 7.99. The number of carbonyl (C=O) groups excluding carboxylic acids is 2. The lowest BCUT2D eigenvalue weighted by Crippen LogP contribution is -2.41. The molecule has 1 unspecified atom stereocenters. The fourth-order valence-electron chi connectivity index (χ4n) is 2.69. The summed E-state index contributed by atoms with van der Waals surface area (Å²) in [5.41, 5.74) is 8.19. The molecule has 1 aliphatic rings. The lowest BCUT2D eigenvalue weighted by Gasteiger charge is -2.16. The summed E-state index contributed by atoms with van der Waals surface area (Å²) in [6, 6.07) is 7.70. The van der Waals surface area contributed by atoms with Crippen molar-refractivity contribution in [2.75, 3.05) is 6.54 Å². The lowest BCUT2D eigenvalue weighted by atomic mass is 10.1. The van der Waals surface area contributed by atoms with Gasteiger partial charge in [0.2, 0.25) is 11.8 Å². The van der Waals surface area contributed by atoms with Gasteiger partial charge >= 0.3 is 0 Å². The Kier molecular flexibility index (Phi) is 8.06. The van der Waals surface area contributed by atoms with Crippen LogP contribution in [0.25, 0.3) is 0 Å². The van der Waals surface area contributed by atoms with Gasteiger partial charge in [-0.3, -0.25) is 9.59 Å². The number of nitrogens with one attached hydrogen (secondary N) is 1. The third kappa shape index (κ3) is 5.52. The number of hydrogen-bond acceptors (Lipinski definition) is 3. The van der Waals surface area contributed by atoms with E-state index in [9.17, 15) is 9.59 Å². The minimum absolute atomic E-state index is 0. The number of nitrogens with zero attached hydrogens (tertiary/aromatic N) is 1. The molecule has 23 heavy (non-hydrogen) atoms. The zero-order valence-electron chi connectivity index (χ0n) is 13.6. The van der Waals surface area contributed by atoms with Gasteiger partial charge in [0, 0.05) is 26.1 Å². The molecule has 2 rings (SSSR count). The van der Waals surface area contributed by atoms with Crippen LogP contribution in [-0.4, -0.2) is 29.3 Å². The highest BCUT2D eigenvalue weighted by atomic mass is 35.5. The van der Waals surface area contributed by atoms with Crippen LogP contribution in [0.5, 0.6) is 0 Å². The van der Waals surface area contributed by atoms with E-state index in [1.165, 1.54) is 11.1 Å². The summed E-state index contributed by atoms with van der Waals surface area (Å²) < 4.78 is 0. The molecule has 0 fully saturated rings. The van der Waals surface area contributed by atoms with Crippen molar-refractivity contribution in [1.29, 1.82) is 0 Å². The molecule has 0 bridgehead atoms. The van der Waals surface area contributed by atoms with Crippen molar-refractivity contribution in [1.82, 2.24) is 10.2 Å². The first kappa shape index (κ1) is 19.5. The summed E-state index contributed by atoms with van der Waals surface area (Å²) in [6.45, 7) is 3.90. The summed E-state index contributed by atoms with van der Waals surface area (Å²) in [5, 5.41) is 2.80. The van der Waals surface area contributed by atoms with E-state index in [1.54, 1.807) is 0 Å². The highest BCUT2D eigenvalue weighted by Crippen LogP contribution is 2.22. The highest BCUT2D eigenvalue weighted by Gasteiger charge is 2.22. The quantitative estimate of drug-likeness (QED) is 0.746. The number of fused-ring (bicyclic) bond motifs is 1. The van der Waals surface area contributed by atoms with E-state index in [0.717, 1.165) is 6.42 Å². The number of benzene rings is 1. The number of carbonyl (C=O) groups is 2. The summed E-state index contributed by atoms with van der Waals surface area (Å²) in [4.78, 5) is 25.7. The summed E-state index contributed by atoms with van der Waals surface area (Å²) in [7, 11) is 0. The summed E-state index contributed by atoms with van der Waals surface area (Å²) in [5.74, 6) is 0.0196. The Bertz CT molecular complexity index is 511. The smallest absolute Gasteiger partial charge is 0.236 e. The molecule has 5 nitrogen and oxygen atoms in total. The van der Waals surface area contributed by atoms with Gasteiger partial charge in [-0.25, -0.2) is 0 Å². The van der Waals surface area contributed by atoms with Crippen LogP contribution in [0.2, 0.25) is 0 Å². The topological polar surface area (TPSA) is 75.4 Å². The van der Waals surface area contributed by atoms with Crippen molar-refractivity contribution in [3.05, 3.63) is 35.4 Å². The molecule has 0 aliphatic carbocycles. The minimum atomic E-state index is -0.436. The molecule has 128 valence electrons. The average molecular weight is 340 g/mol. The molecule has 0 spiro atoms. The largest absolute Gasteiger partial charge is 0.355 e. The van der Waals surface area contributed by atoms with E-state index in [-0.39, 0.29) is 24.2 Å². The van der Waals surface area contributed by atoms with Gasteiger partial charge in [-0.05, 0) is 24.0 Å². The Hall–Kier alpha value is -1.59. The molecule has 1 aromatic carbocycles. The van der Waals surface area contributed by atoms with Gasteiger partial charge in [0.25, 0.3) is 0 Å². The monoisotopic (exact) mass is 339 g/mol. The molecule has 6 heteroatoms. The number of hydrogen-bond donors (Lipinski definition) is 2. The number of rotatable bonds is 7. The van der Waals surface area contributed by atoms with Crippen molar-refractivity contribution < 1.29 is 9.59 Å². The van der Waals surface area contributed by atoms with Gasteiger partial charge in [0.05, 0.1) is 6.04 Å². The fraction of sp³-hybridized carbons (Fsp3) is 0.529. The minimum Gasteiger partial charge on any atom is -0.355 e. The maximum absolute atomic E-state index is 12.2. The molecule has 2 amide bonds.